The number of benzene rings is 2. The monoisotopic (exact) mass is 278 g/mol. The van der Waals surface area contributed by atoms with E-state index < -0.39 is 8.60 Å². The van der Waals surface area contributed by atoms with Crippen molar-refractivity contribution in [3.8, 4) is 11.5 Å². The molecule has 100 valence electrons. The van der Waals surface area contributed by atoms with Gasteiger partial charge in [0, 0.05) is 0 Å². The summed E-state index contributed by atoms with van der Waals surface area (Å²) in [4.78, 5) is 0. The standard InChI is InChI=1S/C14H15O4P/c15-11-12-16-19(17-13-7-3-1-4-8-13)18-14-9-5-2-6-10-14/h1-10,15H,11-12H2. The highest BCUT2D eigenvalue weighted by Gasteiger charge is 2.16. The van der Waals surface area contributed by atoms with Crippen LogP contribution in [0.4, 0.5) is 0 Å². The molecule has 0 aliphatic carbocycles. The van der Waals surface area contributed by atoms with Gasteiger partial charge in [0.2, 0.25) is 0 Å². The van der Waals surface area contributed by atoms with Crippen molar-refractivity contribution in [3.63, 3.8) is 0 Å². The maximum Gasteiger partial charge on any atom is 0.463 e. The highest BCUT2D eigenvalue weighted by molar-refractivity contribution is 7.42. The zero-order valence-electron chi connectivity index (χ0n) is 10.3. The number of aliphatic hydroxyl groups excluding tert-OH is 1. The summed E-state index contributed by atoms with van der Waals surface area (Å²) in [5, 5.41) is 8.82. The number of rotatable bonds is 7. The molecule has 0 unspecified atom stereocenters. The summed E-state index contributed by atoms with van der Waals surface area (Å²) in [6, 6.07) is 18.6. The Hall–Kier alpha value is -1.61. The maximum atomic E-state index is 8.82. The van der Waals surface area contributed by atoms with E-state index in [2.05, 4.69) is 0 Å². The maximum absolute atomic E-state index is 8.82. The van der Waals surface area contributed by atoms with Gasteiger partial charge in [-0.15, -0.1) is 0 Å². The fraction of sp³-hybridized carbons (Fsp3) is 0.143. The minimum Gasteiger partial charge on any atom is -0.418 e. The summed E-state index contributed by atoms with van der Waals surface area (Å²) in [6.45, 7) is 0.0977. The molecule has 4 nitrogen and oxygen atoms in total. The molecule has 19 heavy (non-hydrogen) atoms. The second-order valence-electron chi connectivity index (χ2n) is 3.59. The molecule has 2 aromatic carbocycles. The van der Waals surface area contributed by atoms with Crippen LogP contribution in [0.3, 0.4) is 0 Å². The average molecular weight is 278 g/mol. The Labute approximate surface area is 113 Å². The lowest BCUT2D eigenvalue weighted by Crippen LogP contribution is -2.03. The van der Waals surface area contributed by atoms with Gasteiger partial charge in [-0.1, -0.05) is 36.4 Å². The molecule has 0 saturated carbocycles. The third-order valence-corrected chi connectivity index (χ3v) is 3.25. The van der Waals surface area contributed by atoms with Crippen LogP contribution in [0.15, 0.2) is 60.7 Å². The first-order valence-electron chi connectivity index (χ1n) is 5.88. The van der Waals surface area contributed by atoms with Crippen molar-refractivity contribution >= 4 is 8.60 Å². The molecule has 0 fully saturated rings. The molecular formula is C14H15O4P. The Kier molecular flexibility index (Phi) is 5.63. The van der Waals surface area contributed by atoms with E-state index in [0.29, 0.717) is 11.5 Å². The van der Waals surface area contributed by atoms with Crippen LogP contribution in [0, 0.1) is 0 Å². The second kappa shape index (κ2) is 7.74. The molecule has 0 bridgehead atoms. The molecule has 2 aromatic rings. The highest BCUT2D eigenvalue weighted by Crippen LogP contribution is 2.41. The molecule has 2 rings (SSSR count). The fourth-order valence-electron chi connectivity index (χ4n) is 1.32. The molecule has 5 heteroatoms. The molecule has 0 saturated heterocycles. The smallest absolute Gasteiger partial charge is 0.418 e. The van der Waals surface area contributed by atoms with Gasteiger partial charge in [0.25, 0.3) is 0 Å². The highest BCUT2D eigenvalue weighted by atomic mass is 31.2. The summed E-state index contributed by atoms with van der Waals surface area (Å²) in [5.41, 5.74) is 0. The Morgan fingerprint density at radius 2 is 1.26 bits per heavy atom. The van der Waals surface area contributed by atoms with Crippen molar-refractivity contribution < 1.29 is 18.7 Å². The van der Waals surface area contributed by atoms with Crippen molar-refractivity contribution in [3.05, 3.63) is 60.7 Å². The molecule has 0 aliphatic heterocycles. The second-order valence-corrected chi connectivity index (χ2v) is 4.66. The lowest BCUT2D eigenvalue weighted by molar-refractivity contribution is 0.186. The largest absolute Gasteiger partial charge is 0.463 e. The number of hydrogen-bond donors (Lipinski definition) is 1. The Morgan fingerprint density at radius 3 is 1.68 bits per heavy atom. The summed E-state index contributed by atoms with van der Waals surface area (Å²) < 4.78 is 16.6. The predicted octanol–water partition coefficient (Wildman–Crippen LogP) is 3.38. The van der Waals surface area contributed by atoms with Gasteiger partial charge in [-0.3, -0.25) is 4.52 Å². The third-order valence-electron chi connectivity index (χ3n) is 2.13. The van der Waals surface area contributed by atoms with Gasteiger partial charge in [-0.2, -0.15) is 0 Å². The van der Waals surface area contributed by atoms with Crippen LogP contribution in [-0.4, -0.2) is 18.3 Å². The van der Waals surface area contributed by atoms with E-state index in [-0.39, 0.29) is 13.2 Å². The number of aliphatic hydroxyl groups is 1. The SMILES string of the molecule is OCCOP(Oc1ccccc1)Oc1ccccc1. The molecule has 0 aliphatic rings. The quantitative estimate of drug-likeness (QED) is 0.789. The Morgan fingerprint density at radius 1 is 0.789 bits per heavy atom. The molecule has 0 spiro atoms. The van der Waals surface area contributed by atoms with E-state index in [9.17, 15) is 0 Å². The van der Waals surface area contributed by atoms with Gasteiger partial charge in [-0.05, 0) is 24.3 Å². The summed E-state index contributed by atoms with van der Waals surface area (Å²) in [6.07, 6.45) is 0. The van der Waals surface area contributed by atoms with Gasteiger partial charge in [0.1, 0.15) is 11.5 Å². The molecule has 0 heterocycles. The first-order valence-corrected chi connectivity index (χ1v) is 6.98. The van der Waals surface area contributed by atoms with Crippen LogP contribution in [-0.2, 0) is 4.52 Å². The zero-order chi connectivity index (χ0) is 13.3. The van der Waals surface area contributed by atoms with Gasteiger partial charge < -0.3 is 14.2 Å². The van der Waals surface area contributed by atoms with Crippen LogP contribution in [0.25, 0.3) is 0 Å². The Balaban J connectivity index is 1.99. The van der Waals surface area contributed by atoms with Crippen LogP contribution in [0.5, 0.6) is 11.5 Å². The zero-order valence-corrected chi connectivity index (χ0v) is 11.2. The summed E-state index contributed by atoms with van der Waals surface area (Å²) in [7, 11) is -1.58. The van der Waals surface area contributed by atoms with Gasteiger partial charge in [-0.25, -0.2) is 0 Å². The van der Waals surface area contributed by atoms with E-state index in [1.165, 1.54) is 0 Å². The molecule has 0 amide bonds. The lowest BCUT2D eigenvalue weighted by atomic mass is 10.3. The summed E-state index contributed by atoms with van der Waals surface area (Å²) in [5.74, 6) is 1.34. The lowest BCUT2D eigenvalue weighted by Gasteiger charge is -2.17. The minimum absolute atomic E-state index is 0.0743. The van der Waals surface area contributed by atoms with Crippen LogP contribution >= 0.6 is 8.60 Å². The van der Waals surface area contributed by atoms with E-state index in [0.717, 1.165) is 0 Å². The third kappa shape index (κ3) is 4.87. The van der Waals surface area contributed by atoms with E-state index in [1.807, 2.05) is 60.7 Å². The normalized spacial score (nSPS) is 10.4. The van der Waals surface area contributed by atoms with Gasteiger partial charge in [0.05, 0.1) is 13.2 Å². The van der Waals surface area contributed by atoms with Crippen molar-refractivity contribution in [2.75, 3.05) is 13.2 Å². The molecule has 1 N–H and O–H groups in total. The van der Waals surface area contributed by atoms with Crippen molar-refractivity contribution in [2.24, 2.45) is 0 Å². The molecular weight excluding hydrogens is 263 g/mol. The Bertz CT molecular complexity index is 422. The molecule has 0 atom stereocenters. The number of hydrogen-bond acceptors (Lipinski definition) is 4. The van der Waals surface area contributed by atoms with Gasteiger partial charge >= 0.3 is 8.60 Å². The average Bonchev–Trinajstić information content (AvgIpc) is 2.47. The van der Waals surface area contributed by atoms with Crippen molar-refractivity contribution in [1.29, 1.82) is 0 Å². The molecule has 0 aromatic heterocycles. The van der Waals surface area contributed by atoms with Crippen LogP contribution in [0.2, 0.25) is 0 Å². The van der Waals surface area contributed by atoms with Crippen LogP contribution < -0.4 is 9.05 Å². The van der Waals surface area contributed by atoms with E-state index >= 15 is 0 Å². The first-order chi connectivity index (χ1) is 9.38. The van der Waals surface area contributed by atoms with E-state index in [4.69, 9.17) is 18.7 Å². The van der Waals surface area contributed by atoms with Crippen molar-refractivity contribution in [2.45, 2.75) is 0 Å². The van der Waals surface area contributed by atoms with Gasteiger partial charge in [0.15, 0.2) is 0 Å². The summed E-state index contributed by atoms with van der Waals surface area (Å²) >= 11 is 0. The molecule has 0 radical (unpaired) electrons. The van der Waals surface area contributed by atoms with Crippen molar-refractivity contribution in [1.82, 2.24) is 0 Å². The first kappa shape index (κ1) is 13.8. The topological polar surface area (TPSA) is 47.9 Å². The fourth-order valence-corrected chi connectivity index (χ4v) is 2.28. The predicted molar refractivity (Wildman–Crippen MR) is 74.1 cm³/mol. The van der Waals surface area contributed by atoms with Crippen LogP contribution in [0.1, 0.15) is 0 Å². The minimum atomic E-state index is -1.58. The number of para-hydroxylation sites is 2. The van der Waals surface area contributed by atoms with E-state index in [1.54, 1.807) is 0 Å².